The minimum absolute atomic E-state index is 0. The Morgan fingerprint density at radius 2 is 1.96 bits per heavy atom. The number of thiazole rings is 1. The highest BCUT2D eigenvalue weighted by Crippen LogP contribution is 2.25. The van der Waals surface area contributed by atoms with E-state index in [9.17, 15) is 0 Å². The van der Waals surface area contributed by atoms with Crippen molar-refractivity contribution in [2.24, 2.45) is 4.99 Å². The van der Waals surface area contributed by atoms with Gasteiger partial charge in [0.15, 0.2) is 5.96 Å². The van der Waals surface area contributed by atoms with Crippen LogP contribution in [0.4, 0.5) is 0 Å². The molecular weight excluding hydrogens is 435 g/mol. The molecule has 5 nitrogen and oxygen atoms in total. The Morgan fingerprint density at radius 3 is 2.50 bits per heavy atom. The largest absolute Gasteiger partial charge is 0.469 e. The lowest BCUT2D eigenvalue weighted by atomic mass is 9.98. The zero-order valence-corrected chi connectivity index (χ0v) is 17.9. The molecule has 0 aliphatic rings. The van der Waals surface area contributed by atoms with Crippen molar-refractivity contribution < 1.29 is 4.42 Å². The highest BCUT2D eigenvalue weighted by Gasteiger charge is 2.17. The molecule has 0 unspecified atom stereocenters. The van der Waals surface area contributed by atoms with E-state index in [1.165, 1.54) is 5.01 Å². The van der Waals surface area contributed by atoms with Crippen LogP contribution in [0.2, 0.25) is 0 Å². The second-order valence-electron chi connectivity index (χ2n) is 6.40. The van der Waals surface area contributed by atoms with Gasteiger partial charge in [0.1, 0.15) is 5.76 Å². The molecule has 0 aliphatic carbocycles. The molecule has 2 rings (SSSR count). The highest BCUT2D eigenvalue weighted by atomic mass is 127. The minimum atomic E-state index is 0. The molecule has 0 spiro atoms. The Hall–Kier alpha value is -1.09. The third-order valence-electron chi connectivity index (χ3n) is 3.33. The summed E-state index contributed by atoms with van der Waals surface area (Å²) in [5.41, 5.74) is 1.26. The number of hydrogen-bond acceptors (Lipinski definition) is 4. The Morgan fingerprint density at radius 1 is 1.25 bits per heavy atom. The summed E-state index contributed by atoms with van der Waals surface area (Å²) >= 11 is 1.74. The fraction of sp³-hybridized carbons (Fsp3) is 0.529. The molecule has 2 heterocycles. The number of furan rings is 1. The number of hydrogen-bond donors (Lipinski definition) is 2. The molecule has 7 heteroatoms. The first-order chi connectivity index (χ1) is 11.0. The van der Waals surface area contributed by atoms with Crippen molar-refractivity contribution in [3.05, 3.63) is 40.2 Å². The minimum Gasteiger partial charge on any atom is -0.469 e. The van der Waals surface area contributed by atoms with Crippen LogP contribution in [0.25, 0.3) is 0 Å². The van der Waals surface area contributed by atoms with Crippen LogP contribution >= 0.6 is 35.3 Å². The van der Waals surface area contributed by atoms with E-state index in [0.717, 1.165) is 43.3 Å². The smallest absolute Gasteiger partial charge is 0.191 e. The molecule has 0 amide bonds. The molecule has 24 heavy (non-hydrogen) atoms. The SMILES string of the molecule is CN=C(NCCc1csc(C(C)(C)C)n1)NCCc1ccco1.I. The lowest BCUT2D eigenvalue weighted by Gasteiger charge is -2.13. The average Bonchev–Trinajstić information content (AvgIpc) is 3.16. The Balaban J connectivity index is 0.00000288. The van der Waals surface area contributed by atoms with Gasteiger partial charge in [-0.15, -0.1) is 35.3 Å². The van der Waals surface area contributed by atoms with Crippen LogP contribution in [-0.2, 0) is 18.3 Å². The maximum absolute atomic E-state index is 5.31. The quantitative estimate of drug-likeness (QED) is 0.391. The molecule has 2 N–H and O–H groups in total. The molecule has 0 atom stereocenters. The van der Waals surface area contributed by atoms with E-state index in [4.69, 9.17) is 9.40 Å². The maximum Gasteiger partial charge on any atom is 0.191 e. The van der Waals surface area contributed by atoms with Crippen molar-refractivity contribution in [1.82, 2.24) is 15.6 Å². The van der Waals surface area contributed by atoms with Crippen molar-refractivity contribution in [3.8, 4) is 0 Å². The summed E-state index contributed by atoms with van der Waals surface area (Å²) < 4.78 is 5.31. The number of aliphatic imine (C=N–C) groups is 1. The van der Waals surface area contributed by atoms with Crippen molar-refractivity contribution in [2.75, 3.05) is 20.1 Å². The molecule has 0 saturated heterocycles. The van der Waals surface area contributed by atoms with Crippen molar-refractivity contribution in [2.45, 2.75) is 39.0 Å². The summed E-state index contributed by atoms with van der Waals surface area (Å²) in [6.07, 6.45) is 3.43. The maximum atomic E-state index is 5.31. The predicted octanol–water partition coefficient (Wildman–Crippen LogP) is 3.60. The van der Waals surface area contributed by atoms with E-state index in [2.05, 4.69) is 41.8 Å². The standard InChI is InChI=1S/C17H26N4OS.HI/c1-17(2,3)15-21-13(12-23-15)7-9-19-16(18-4)20-10-8-14-6-5-11-22-14;/h5-6,11-12H,7-10H2,1-4H3,(H2,18,19,20);1H. The average molecular weight is 462 g/mol. The first kappa shape index (κ1) is 21.0. The van der Waals surface area contributed by atoms with Gasteiger partial charge in [-0.2, -0.15) is 0 Å². The fourth-order valence-corrected chi connectivity index (χ4v) is 3.00. The van der Waals surface area contributed by atoms with E-state index in [1.54, 1.807) is 24.6 Å². The second kappa shape index (κ2) is 10.0. The number of nitrogens with zero attached hydrogens (tertiary/aromatic N) is 2. The lowest BCUT2D eigenvalue weighted by Crippen LogP contribution is -2.39. The van der Waals surface area contributed by atoms with Crippen LogP contribution in [0.5, 0.6) is 0 Å². The van der Waals surface area contributed by atoms with E-state index in [0.29, 0.717) is 0 Å². The Labute approximate surface area is 165 Å². The van der Waals surface area contributed by atoms with Crippen molar-refractivity contribution in [1.29, 1.82) is 0 Å². The summed E-state index contributed by atoms with van der Waals surface area (Å²) in [6.45, 7) is 8.18. The van der Waals surface area contributed by atoms with E-state index >= 15 is 0 Å². The van der Waals surface area contributed by atoms with Crippen molar-refractivity contribution in [3.63, 3.8) is 0 Å². The van der Waals surface area contributed by atoms with Crippen LogP contribution in [0.1, 0.15) is 37.2 Å². The van der Waals surface area contributed by atoms with E-state index < -0.39 is 0 Å². The van der Waals surface area contributed by atoms with Crippen LogP contribution in [0, 0.1) is 0 Å². The fourth-order valence-electron chi connectivity index (χ4n) is 2.05. The topological polar surface area (TPSA) is 62.5 Å². The van der Waals surface area contributed by atoms with Crippen LogP contribution in [-0.4, -0.2) is 31.1 Å². The number of nitrogens with one attached hydrogen (secondary N) is 2. The highest BCUT2D eigenvalue weighted by molar-refractivity contribution is 14.0. The van der Waals surface area contributed by atoms with Gasteiger partial charge in [-0.25, -0.2) is 4.98 Å². The van der Waals surface area contributed by atoms with Gasteiger partial charge in [0.25, 0.3) is 0 Å². The third-order valence-corrected chi connectivity index (χ3v) is 4.65. The molecule has 134 valence electrons. The van der Waals surface area contributed by atoms with Gasteiger partial charge >= 0.3 is 0 Å². The Kier molecular flexibility index (Phi) is 8.75. The van der Waals surface area contributed by atoms with Gasteiger partial charge in [0.2, 0.25) is 0 Å². The first-order valence-electron chi connectivity index (χ1n) is 7.91. The zero-order valence-electron chi connectivity index (χ0n) is 14.8. The Bertz CT molecular complexity index is 617. The summed E-state index contributed by atoms with van der Waals surface area (Å²) in [7, 11) is 1.78. The molecule has 0 aliphatic heterocycles. The van der Waals surface area contributed by atoms with Gasteiger partial charge in [0, 0.05) is 43.8 Å². The van der Waals surface area contributed by atoms with Crippen molar-refractivity contribution >= 4 is 41.3 Å². The van der Waals surface area contributed by atoms with Gasteiger partial charge < -0.3 is 15.1 Å². The molecular formula is C17H27IN4OS. The number of aromatic nitrogens is 1. The number of halogens is 1. The second-order valence-corrected chi connectivity index (χ2v) is 7.26. The number of rotatable bonds is 6. The molecule has 0 bridgehead atoms. The molecule has 0 radical (unpaired) electrons. The molecule has 0 aromatic carbocycles. The van der Waals surface area contributed by atoms with Crippen LogP contribution in [0.3, 0.4) is 0 Å². The normalized spacial score (nSPS) is 11.9. The summed E-state index contributed by atoms with van der Waals surface area (Å²) in [6, 6.07) is 3.88. The van der Waals surface area contributed by atoms with E-state index in [-0.39, 0.29) is 29.4 Å². The summed E-state index contributed by atoms with van der Waals surface area (Å²) in [5, 5.41) is 9.94. The monoisotopic (exact) mass is 462 g/mol. The summed E-state index contributed by atoms with van der Waals surface area (Å²) in [4.78, 5) is 8.93. The first-order valence-corrected chi connectivity index (χ1v) is 8.79. The molecule has 2 aromatic heterocycles. The third kappa shape index (κ3) is 6.80. The predicted molar refractivity (Wildman–Crippen MR) is 112 cm³/mol. The lowest BCUT2D eigenvalue weighted by molar-refractivity contribution is 0.507. The zero-order chi connectivity index (χ0) is 16.7. The summed E-state index contributed by atoms with van der Waals surface area (Å²) in [5.74, 6) is 1.79. The van der Waals surface area contributed by atoms with Gasteiger partial charge in [-0.3, -0.25) is 4.99 Å². The molecule has 2 aromatic rings. The number of guanidine groups is 1. The molecule has 0 fully saturated rings. The van der Waals surface area contributed by atoms with Gasteiger partial charge in [0.05, 0.1) is 17.0 Å². The van der Waals surface area contributed by atoms with Gasteiger partial charge in [-0.05, 0) is 12.1 Å². The molecule has 0 saturated carbocycles. The van der Waals surface area contributed by atoms with Gasteiger partial charge in [-0.1, -0.05) is 20.8 Å². The van der Waals surface area contributed by atoms with Crippen LogP contribution in [0.15, 0.2) is 33.2 Å². The van der Waals surface area contributed by atoms with Crippen LogP contribution < -0.4 is 10.6 Å². The van der Waals surface area contributed by atoms with E-state index in [1.807, 2.05) is 12.1 Å².